The Bertz CT molecular complexity index is 643. The van der Waals surface area contributed by atoms with Crippen molar-refractivity contribution in [1.82, 2.24) is 9.38 Å². The zero-order valence-electron chi connectivity index (χ0n) is 10.4. The fourth-order valence-electron chi connectivity index (χ4n) is 2.24. The fourth-order valence-corrected chi connectivity index (χ4v) is 2.46. The molecule has 0 bridgehead atoms. The molecule has 3 heterocycles. The van der Waals surface area contributed by atoms with Gasteiger partial charge >= 0.3 is 0 Å². The SMILES string of the molecule is O=c1cc(N2CCOC(CS)C2)nc2ccccn12. The topological polar surface area (TPSA) is 46.8 Å². The van der Waals surface area contributed by atoms with Crippen molar-refractivity contribution in [2.45, 2.75) is 6.10 Å². The number of hydrogen-bond donors (Lipinski definition) is 1. The highest BCUT2D eigenvalue weighted by Gasteiger charge is 2.21. The van der Waals surface area contributed by atoms with E-state index in [1.807, 2.05) is 18.2 Å². The number of thiol groups is 1. The van der Waals surface area contributed by atoms with E-state index in [4.69, 9.17) is 4.74 Å². The molecule has 0 N–H and O–H groups in total. The Balaban J connectivity index is 1.99. The van der Waals surface area contributed by atoms with Gasteiger partial charge in [-0.05, 0) is 12.1 Å². The minimum Gasteiger partial charge on any atom is -0.374 e. The number of nitrogens with zero attached hydrogens (tertiary/aromatic N) is 3. The molecule has 5 nitrogen and oxygen atoms in total. The molecule has 1 aliphatic heterocycles. The van der Waals surface area contributed by atoms with Gasteiger partial charge in [-0.2, -0.15) is 12.6 Å². The average molecular weight is 277 g/mol. The number of ether oxygens (including phenoxy) is 1. The third-order valence-corrected chi connectivity index (χ3v) is 3.63. The molecule has 100 valence electrons. The van der Waals surface area contributed by atoms with Crippen LogP contribution >= 0.6 is 12.6 Å². The standard InChI is InChI=1S/C13H15N3O2S/c17-13-7-12(14-11-3-1-2-4-16(11)13)15-5-6-18-10(8-15)9-19/h1-4,7,10,19H,5-6,8-9H2. The van der Waals surface area contributed by atoms with Gasteiger partial charge in [-0.3, -0.25) is 9.20 Å². The number of aromatic nitrogens is 2. The minimum atomic E-state index is -0.0606. The lowest BCUT2D eigenvalue weighted by atomic mass is 10.3. The Morgan fingerprint density at radius 2 is 2.37 bits per heavy atom. The first kappa shape index (κ1) is 12.5. The second-order valence-corrected chi connectivity index (χ2v) is 4.87. The summed E-state index contributed by atoms with van der Waals surface area (Å²) in [6.45, 7) is 2.11. The van der Waals surface area contributed by atoms with Crippen LogP contribution in [0.4, 0.5) is 5.82 Å². The number of hydrogen-bond acceptors (Lipinski definition) is 5. The smallest absolute Gasteiger partial charge is 0.259 e. The maximum Gasteiger partial charge on any atom is 0.259 e. The monoisotopic (exact) mass is 277 g/mol. The highest BCUT2D eigenvalue weighted by Crippen LogP contribution is 2.15. The van der Waals surface area contributed by atoms with Crippen LogP contribution in [0.3, 0.4) is 0 Å². The highest BCUT2D eigenvalue weighted by atomic mass is 32.1. The molecule has 0 radical (unpaired) electrons. The Kier molecular flexibility index (Phi) is 3.44. The van der Waals surface area contributed by atoms with E-state index in [9.17, 15) is 4.79 Å². The molecule has 1 aliphatic rings. The van der Waals surface area contributed by atoms with E-state index < -0.39 is 0 Å². The van der Waals surface area contributed by atoms with Crippen molar-refractivity contribution in [3.63, 3.8) is 0 Å². The summed E-state index contributed by atoms with van der Waals surface area (Å²) >= 11 is 4.26. The summed E-state index contributed by atoms with van der Waals surface area (Å²) in [7, 11) is 0. The van der Waals surface area contributed by atoms with Crippen LogP contribution in [-0.4, -0.2) is 40.9 Å². The van der Waals surface area contributed by atoms with E-state index in [1.54, 1.807) is 16.7 Å². The van der Waals surface area contributed by atoms with Crippen molar-refractivity contribution in [2.24, 2.45) is 0 Å². The molecule has 19 heavy (non-hydrogen) atoms. The van der Waals surface area contributed by atoms with Gasteiger partial charge in [-0.25, -0.2) is 4.98 Å². The number of anilines is 1. The Morgan fingerprint density at radius 1 is 1.47 bits per heavy atom. The molecule has 3 rings (SSSR count). The summed E-state index contributed by atoms with van der Waals surface area (Å²) in [5.41, 5.74) is 0.605. The van der Waals surface area contributed by atoms with Crippen LogP contribution < -0.4 is 10.5 Å². The zero-order chi connectivity index (χ0) is 13.2. The second kappa shape index (κ2) is 5.22. The van der Waals surface area contributed by atoms with Crippen LogP contribution in [0.5, 0.6) is 0 Å². The van der Waals surface area contributed by atoms with Crippen molar-refractivity contribution in [1.29, 1.82) is 0 Å². The fraction of sp³-hybridized carbons (Fsp3) is 0.385. The molecule has 2 aromatic rings. The van der Waals surface area contributed by atoms with Gasteiger partial charge in [0.2, 0.25) is 0 Å². The molecule has 0 saturated carbocycles. The predicted molar refractivity (Wildman–Crippen MR) is 77.3 cm³/mol. The normalized spacial score (nSPS) is 19.8. The number of morpholine rings is 1. The lowest BCUT2D eigenvalue weighted by Crippen LogP contribution is -2.44. The van der Waals surface area contributed by atoms with Gasteiger partial charge in [0.05, 0.1) is 12.7 Å². The summed E-state index contributed by atoms with van der Waals surface area (Å²) < 4.78 is 7.11. The predicted octanol–water partition coefficient (Wildman–Crippen LogP) is 0.829. The molecule has 1 atom stereocenters. The first-order valence-corrected chi connectivity index (χ1v) is 6.87. The first-order chi connectivity index (χ1) is 9.28. The van der Waals surface area contributed by atoms with Crippen LogP contribution in [-0.2, 0) is 4.74 Å². The molecule has 1 saturated heterocycles. The minimum absolute atomic E-state index is 0.0606. The number of pyridine rings is 1. The van der Waals surface area contributed by atoms with Crippen molar-refractivity contribution in [3.8, 4) is 0 Å². The van der Waals surface area contributed by atoms with Crippen molar-refractivity contribution in [3.05, 3.63) is 40.8 Å². The molecule has 0 aromatic carbocycles. The molecule has 0 spiro atoms. The molecule has 6 heteroatoms. The van der Waals surface area contributed by atoms with E-state index in [2.05, 4.69) is 22.5 Å². The second-order valence-electron chi connectivity index (χ2n) is 4.50. The van der Waals surface area contributed by atoms with Gasteiger partial charge in [0.25, 0.3) is 5.56 Å². The highest BCUT2D eigenvalue weighted by molar-refractivity contribution is 7.80. The molecular formula is C13H15N3O2S. The lowest BCUT2D eigenvalue weighted by molar-refractivity contribution is 0.0563. The van der Waals surface area contributed by atoms with Crippen molar-refractivity contribution < 1.29 is 4.74 Å². The molecule has 1 unspecified atom stereocenters. The van der Waals surface area contributed by atoms with Crippen LogP contribution in [0.15, 0.2) is 35.3 Å². The van der Waals surface area contributed by atoms with Gasteiger partial charge < -0.3 is 9.64 Å². The van der Waals surface area contributed by atoms with Crippen molar-refractivity contribution >= 4 is 24.1 Å². The maximum absolute atomic E-state index is 12.0. The Morgan fingerprint density at radius 3 is 3.21 bits per heavy atom. The Hall–Kier alpha value is -1.53. The van der Waals surface area contributed by atoms with Gasteiger partial charge in [0.1, 0.15) is 11.5 Å². The van der Waals surface area contributed by atoms with Crippen molar-refractivity contribution in [2.75, 3.05) is 30.3 Å². The van der Waals surface area contributed by atoms with Crippen LogP contribution in [0.1, 0.15) is 0 Å². The van der Waals surface area contributed by atoms with E-state index >= 15 is 0 Å². The molecule has 0 amide bonds. The van der Waals surface area contributed by atoms with Crippen LogP contribution in [0.2, 0.25) is 0 Å². The lowest BCUT2D eigenvalue weighted by Gasteiger charge is -2.33. The third kappa shape index (κ3) is 2.46. The quantitative estimate of drug-likeness (QED) is 0.826. The van der Waals surface area contributed by atoms with E-state index in [0.29, 0.717) is 23.8 Å². The number of fused-ring (bicyclic) bond motifs is 1. The van der Waals surface area contributed by atoms with Gasteiger partial charge in [0, 0.05) is 31.1 Å². The molecular weight excluding hydrogens is 262 g/mol. The summed E-state index contributed by atoms with van der Waals surface area (Å²) in [4.78, 5) is 18.7. The molecule has 2 aromatic heterocycles. The van der Waals surface area contributed by atoms with Gasteiger partial charge in [-0.15, -0.1) is 0 Å². The zero-order valence-corrected chi connectivity index (χ0v) is 11.3. The van der Waals surface area contributed by atoms with E-state index in [1.165, 1.54) is 0 Å². The Labute approximate surface area is 116 Å². The maximum atomic E-state index is 12.0. The van der Waals surface area contributed by atoms with Crippen LogP contribution in [0.25, 0.3) is 5.65 Å². The van der Waals surface area contributed by atoms with Gasteiger partial charge in [-0.1, -0.05) is 6.07 Å². The number of rotatable bonds is 2. The summed E-state index contributed by atoms with van der Waals surface area (Å²) in [6, 6.07) is 7.11. The molecule has 0 aliphatic carbocycles. The third-order valence-electron chi connectivity index (χ3n) is 3.22. The summed E-state index contributed by atoms with van der Waals surface area (Å²) in [5.74, 6) is 1.38. The summed E-state index contributed by atoms with van der Waals surface area (Å²) in [6.07, 6.45) is 1.82. The summed E-state index contributed by atoms with van der Waals surface area (Å²) in [5, 5.41) is 0. The van der Waals surface area contributed by atoms with Gasteiger partial charge in [0.15, 0.2) is 0 Å². The molecule has 1 fully saturated rings. The average Bonchev–Trinajstić information content (AvgIpc) is 2.47. The van der Waals surface area contributed by atoms with Crippen LogP contribution in [0, 0.1) is 0 Å². The largest absolute Gasteiger partial charge is 0.374 e. The first-order valence-electron chi connectivity index (χ1n) is 6.24. The van der Waals surface area contributed by atoms with E-state index in [0.717, 1.165) is 13.1 Å². The van der Waals surface area contributed by atoms with E-state index in [-0.39, 0.29) is 11.7 Å².